The molecule has 2 rings (SSSR count). The van der Waals surface area contributed by atoms with Crippen LogP contribution in [-0.4, -0.2) is 55.0 Å². The summed E-state index contributed by atoms with van der Waals surface area (Å²) in [6.45, 7) is 7.03. The third-order valence-electron chi connectivity index (χ3n) is 4.78. The molecule has 122 valence electrons. The lowest BCUT2D eigenvalue weighted by Gasteiger charge is -2.26. The molecule has 4 heteroatoms. The van der Waals surface area contributed by atoms with Crippen molar-refractivity contribution < 1.29 is 0 Å². The molecule has 0 spiro atoms. The van der Waals surface area contributed by atoms with Crippen molar-refractivity contribution in [3.63, 3.8) is 0 Å². The maximum absolute atomic E-state index is 6.12. The number of nitrogens with two attached hydrogens (primary N) is 1. The van der Waals surface area contributed by atoms with Crippen LogP contribution in [0.15, 0.2) is 4.99 Å². The van der Waals surface area contributed by atoms with Crippen molar-refractivity contribution >= 4 is 5.96 Å². The van der Waals surface area contributed by atoms with E-state index in [9.17, 15) is 0 Å². The Bertz CT molecular complexity index is 289. The van der Waals surface area contributed by atoms with Gasteiger partial charge in [0, 0.05) is 19.6 Å². The zero-order chi connectivity index (χ0) is 14.8. The van der Waals surface area contributed by atoms with E-state index in [0.717, 1.165) is 25.6 Å². The van der Waals surface area contributed by atoms with E-state index in [2.05, 4.69) is 14.8 Å². The van der Waals surface area contributed by atoms with E-state index in [1.807, 2.05) is 0 Å². The Balaban J connectivity index is 1.52. The maximum Gasteiger partial charge on any atom is 0.191 e. The average molecular weight is 294 g/mol. The summed E-state index contributed by atoms with van der Waals surface area (Å²) in [6.07, 6.45) is 13.3. The Kier molecular flexibility index (Phi) is 7.94. The van der Waals surface area contributed by atoms with Crippen molar-refractivity contribution in [1.82, 2.24) is 9.80 Å². The fraction of sp³-hybridized carbons (Fsp3) is 0.941. The first-order valence-electron chi connectivity index (χ1n) is 9.13. The number of rotatable bonds is 6. The molecule has 4 nitrogen and oxygen atoms in total. The van der Waals surface area contributed by atoms with Crippen LogP contribution in [-0.2, 0) is 0 Å². The number of hydrogen-bond acceptors (Lipinski definition) is 2. The lowest BCUT2D eigenvalue weighted by molar-refractivity contribution is 0.224. The van der Waals surface area contributed by atoms with Gasteiger partial charge in [0.15, 0.2) is 5.96 Å². The molecule has 0 amide bonds. The van der Waals surface area contributed by atoms with E-state index < -0.39 is 0 Å². The van der Waals surface area contributed by atoms with Crippen molar-refractivity contribution in [3.05, 3.63) is 0 Å². The Labute approximate surface area is 130 Å². The van der Waals surface area contributed by atoms with Gasteiger partial charge in [0.05, 0.1) is 0 Å². The van der Waals surface area contributed by atoms with Gasteiger partial charge in [-0.25, -0.2) is 0 Å². The van der Waals surface area contributed by atoms with Gasteiger partial charge in [-0.05, 0) is 58.2 Å². The highest BCUT2D eigenvalue weighted by atomic mass is 15.2. The van der Waals surface area contributed by atoms with E-state index in [0.29, 0.717) is 0 Å². The zero-order valence-corrected chi connectivity index (χ0v) is 13.7. The summed E-state index contributed by atoms with van der Waals surface area (Å²) < 4.78 is 0. The summed E-state index contributed by atoms with van der Waals surface area (Å²) >= 11 is 0. The Morgan fingerprint density at radius 3 is 2.10 bits per heavy atom. The summed E-state index contributed by atoms with van der Waals surface area (Å²) in [7, 11) is 0. The van der Waals surface area contributed by atoms with Crippen molar-refractivity contribution in [1.29, 1.82) is 0 Å². The van der Waals surface area contributed by atoms with Gasteiger partial charge in [-0.2, -0.15) is 0 Å². The highest BCUT2D eigenvalue weighted by Gasteiger charge is 2.11. The predicted octanol–water partition coefficient (Wildman–Crippen LogP) is 2.83. The first-order chi connectivity index (χ1) is 10.4. The summed E-state index contributed by atoms with van der Waals surface area (Å²) in [5.41, 5.74) is 6.12. The maximum atomic E-state index is 6.12. The first-order valence-corrected chi connectivity index (χ1v) is 9.13. The predicted molar refractivity (Wildman–Crippen MR) is 90.7 cm³/mol. The molecule has 2 heterocycles. The number of hydrogen-bond donors (Lipinski definition) is 1. The molecule has 2 aliphatic rings. The van der Waals surface area contributed by atoms with Crippen LogP contribution in [0.25, 0.3) is 0 Å². The molecular weight excluding hydrogens is 260 g/mol. The highest BCUT2D eigenvalue weighted by Crippen LogP contribution is 2.11. The lowest BCUT2D eigenvalue weighted by Crippen LogP contribution is -2.38. The molecule has 2 N–H and O–H groups in total. The molecule has 2 aliphatic heterocycles. The second-order valence-electron chi connectivity index (χ2n) is 6.60. The third kappa shape index (κ3) is 6.68. The fourth-order valence-electron chi connectivity index (χ4n) is 3.40. The minimum atomic E-state index is 0.785. The molecule has 2 saturated heterocycles. The van der Waals surface area contributed by atoms with Crippen molar-refractivity contribution in [3.8, 4) is 0 Å². The second kappa shape index (κ2) is 10.0. The summed E-state index contributed by atoms with van der Waals surface area (Å²) in [5, 5.41) is 0. The van der Waals surface area contributed by atoms with Crippen LogP contribution in [0.3, 0.4) is 0 Å². The lowest BCUT2D eigenvalue weighted by atomic mass is 10.1. The van der Waals surface area contributed by atoms with Crippen molar-refractivity contribution in [2.75, 3.05) is 39.3 Å². The van der Waals surface area contributed by atoms with E-state index in [-0.39, 0.29) is 0 Å². The minimum absolute atomic E-state index is 0.785. The van der Waals surface area contributed by atoms with Gasteiger partial charge in [0.2, 0.25) is 0 Å². The number of guanidine groups is 1. The van der Waals surface area contributed by atoms with Gasteiger partial charge in [-0.3, -0.25) is 4.99 Å². The molecule has 0 radical (unpaired) electrons. The van der Waals surface area contributed by atoms with E-state index >= 15 is 0 Å². The van der Waals surface area contributed by atoms with Crippen LogP contribution in [0.4, 0.5) is 0 Å². The van der Waals surface area contributed by atoms with Crippen LogP contribution < -0.4 is 5.73 Å². The van der Waals surface area contributed by atoms with E-state index in [4.69, 9.17) is 5.73 Å². The topological polar surface area (TPSA) is 44.9 Å². The Morgan fingerprint density at radius 1 is 0.762 bits per heavy atom. The summed E-state index contributed by atoms with van der Waals surface area (Å²) in [5.74, 6) is 0.785. The van der Waals surface area contributed by atoms with Crippen LogP contribution in [0, 0.1) is 0 Å². The normalized spacial score (nSPS) is 22.3. The van der Waals surface area contributed by atoms with E-state index in [1.165, 1.54) is 83.8 Å². The SMILES string of the molecule is NC(=NCCCCCN1CCCCC1)N1CCCCCC1. The molecule has 0 atom stereocenters. The molecule has 0 aromatic rings. The summed E-state index contributed by atoms with van der Waals surface area (Å²) in [6, 6.07) is 0. The van der Waals surface area contributed by atoms with Crippen molar-refractivity contribution in [2.45, 2.75) is 64.2 Å². The minimum Gasteiger partial charge on any atom is -0.370 e. The molecule has 2 fully saturated rings. The van der Waals surface area contributed by atoms with Crippen LogP contribution in [0.5, 0.6) is 0 Å². The average Bonchev–Trinajstić information content (AvgIpc) is 2.81. The van der Waals surface area contributed by atoms with Gasteiger partial charge >= 0.3 is 0 Å². The Hall–Kier alpha value is -0.770. The highest BCUT2D eigenvalue weighted by molar-refractivity contribution is 5.78. The molecule has 0 unspecified atom stereocenters. The molecule has 0 saturated carbocycles. The number of piperidine rings is 1. The number of nitrogens with zero attached hydrogens (tertiary/aromatic N) is 3. The monoisotopic (exact) mass is 294 g/mol. The zero-order valence-electron chi connectivity index (χ0n) is 13.7. The molecular formula is C17H34N4. The van der Waals surface area contributed by atoms with Crippen molar-refractivity contribution in [2.24, 2.45) is 10.7 Å². The first kappa shape index (κ1) is 16.6. The van der Waals surface area contributed by atoms with Crippen LogP contribution >= 0.6 is 0 Å². The van der Waals surface area contributed by atoms with Crippen LogP contribution in [0.1, 0.15) is 64.2 Å². The smallest absolute Gasteiger partial charge is 0.191 e. The molecule has 0 aliphatic carbocycles. The largest absolute Gasteiger partial charge is 0.370 e. The molecule has 21 heavy (non-hydrogen) atoms. The fourth-order valence-corrected chi connectivity index (χ4v) is 3.40. The van der Waals surface area contributed by atoms with E-state index in [1.54, 1.807) is 0 Å². The second-order valence-corrected chi connectivity index (χ2v) is 6.60. The number of aliphatic imine (C=N–C) groups is 1. The van der Waals surface area contributed by atoms with Gasteiger partial charge in [0.25, 0.3) is 0 Å². The summed E-state index contributed by atoms with van der Waals surface area (Å²) in [4.78, 5) is 9.48. The molecule has 0 bridgehead atoms. The van der Waals surface area contributed by atoms with Gasteiger partial charge in [-0.15, -0.1) is 0 Å². The number of likely N-dealkylation sites (tertiary alicyclic amines) is 2. The quantitative estimate of drug-likeness (QED) is 0.465. The molecule has 0 aromatic heterocycles. The third-order valence-corrected chi connectivity index (χ3v) is 4.78. The van der Waals surface area contributed by atoms with Gasteiger partial charge < -0.3 is 15.5 Å². The van der Waals surface area contributed by atoms with Gasteiger partial charge in [0.1, 0.15) is 0 Å². The van der Waals surface area contributed by atoms with Crippen LogP contribution in [0.2, 0.25) is 0 Å². The number of unbranched alkanes of at least 4 members (excludes halogenated alkanes) is 2. The standard InChI is InChI=1S/C17H34N4/c18-17(21-15-9-1-2-10-16-21)19-11-5-3-6-12-20-13-7-4-8-14-20/h1-16H2,(H2,18,19). The van der Waals surface area contributed by atoms with Gasteiger partial charge in [-0.1, -0.05) is 25.7 Å². The molecule has 0 aromatic carbocycles. The Morgan fingerprint density at radius 2 is 1.38 bits per heavy atom.